The molecule has 42 heavy (non-hydrogen) atoms. The maximum absolute atomic E-state index is 12.9. The van der Waals surface area contributed by atoms with Gasteiger partial charge in [0.25, 0.3) is 0 Å². The van der Waals surface area contributed by atoms with Gasteiger partial charge in [-0.3, -0.25) is 4.79 Å². The lowest BCUT2D eigenvalue weighted by molar-refractivity contribution is -0.354. The van der Waals surface area contributed by atoms with Gasteiger partial charge < -0.3 is 69.6 Å². The number of benzene rings is 2. The number of aromatic hydroxyl groups is 3. The molecule has 2 aromatic carbocycles. The fourth-order valence-corrected chi connectivity index (χ4v) is 5.12. The van der Waals surface area contributed by atoms with E-state index >= 15 is 0 Å². The highest BCUT2D eigenvalue weighted by Crippen LogP contribution is 2.43. The van der Waals surface area contributed by atoms with E-state index in [4.69, 9.17) is 23.7 Å². The largest absolute Gasteiger partial charge is 0.507 e. The molecule has 0 aliphatic carbocycles. The number of phenols is 3. The molecule has 3 aliphatic rings. The van der Waals surface area contributed by atoms with Gasteiger partial charge in [0.05, 0.1) is 19.1 Å². The third-order valence-electron chi connectivity index (χ3n) is 7.52. The molecule has 15 nitrogen and oxygen atoms in total. The highest BCUT2D eigenvalue weighted by atomic mass is 16.8. The molecule has 0 spiro atoms. The number of hydrogen-bond acceptors (Lipinski definition) is 15. The van der Waals surface area contributed by atoms with Gasteiger partial charge in [0.15, 0.2) is 29.7 Å². The number of aliphatic hydroxyl groups excluding tert-OH is 6. The first-order chi connectivity index (χ1) is 19.9. The average Bonchev–Trinajstić information content (AvgIpc) is 2.95. The molecule has 0 saturated carbocycles. The summed E-state index contributed by atoms with van der Waals surface area (Å²) < 4.78 is 28.4. The van der Waals surface area contributed by atoms with Crippen LogP contribution in [0.15, 0.2) is 30.3 Å². The third kappa shape index (κ3) is 5.58. The number of rotatable bonds is 6. The van der Waals surface area contributed by atoms with E-state index in [1.165, 1.54) is 31.2 Å². The molecule has 230 valence electrons. The van der Waals surface area contributed by atoms with Crippen molar-refractivity contribution in [2.75, 3.05) is 6.61 Å². The molecule has 2 fully saturated rings. The number of hydrogen-bond donors (Lipinski definition) is 9. The minimum atomic E-state index is -1.77. The standard InChI is InChI=1S/C27H32O15/c1-9-20(33)22(35)24(37)26(38-9)42-25-23(36)21(34)18(8-28)41-27(25)39-11-5-14(31)19-15(32)7-16(40-17(19)6-11)10-2-3-12(29)13(30)4-10/h2-6,9,16,18,20-31,33-37H,7-8H2,1H3/t9-,16-,18+,20-,21+,22-,23+,24+,25-,26-,27+/m0/s1. The Morgan fingerprint density at radius 1 is 0.833 bits per heavy atom. The van der Waals surface area contributed by atoms with Crippen molar-refractivity contribution in [3.63, 3.8) is 0 Å². The Bertz CT molecular complexity index is 1300. The molecule has 0 unspecified atom stereocenters. The summed E-state index contributed by atoms with van der Waals surface area (Å²) in [6.45, 7) is 0.683. The number of phenolic OH excluding ortho intramolecular Hbond substituents is 3. The van der Waals surface area contributed by atoms with Crippen LogP contribution >= 0.6 is 0 Å². The van der Waals surface area contributed by atoms with Crippen LogP contribution in [-0.2, 0) is 14.2 Å². The molecule has 0 aromatic heterocycles. The maximum Gasteiger partial charge on any atom is 0.229 e. The lowest BCUT2D eigenvalue weighted by atomic mass is 9.95. The first-order valence-corrected chi connectivity index (χ1v) is 13.1. The highest BCUT2D eigenvalue weighted by molar-refractivity contribution is 6.02. The van der Waals surface area contributed by atoms with Crippen LogP contribution in [0.25, 0.3) is 0 Å². The Hall–Kier alpha value is -3.25. The lowest BCUT2D eigenvalue weighted by Crippen LogP contribution is -2.64. The quantitative estimate of drug-likeness (QED) is 0.173. The zero-order valence-electron chi connectivity index (χ0n) is 22.1. The summed E-state index contributed by atoms with van der Waals surface area (Å²) >= 11 is 0. The van der Waals surface area contributed by atoms with E-state index in [9.17, 15) is 50.8 Å². The molecule has 5 rings (SSSR count). The van der Waals surface area contributed by atoms with Crippen molar-refractivity contribution < 1.29 is 74.4 Å². The topological polar surface area (TPSA) is 245 Å². The molecule has 3 heterocycles. The van der Waals surface area contributed by atoms with Gasteiger partial charge in [0, 0.05) is 12.1 Å². The second-order valence-corrected chi connectivity index (χ2v) is 10.4. The minimum Gasteiger partial charge on any atom is -0.507 e. The van der Waals surface area contributed by atoms with E-state index in [2.05, 4.69) is 0 Å². The fraction of sp³-hybridized carbons (Fsp3) is 0.519. The normalized spacial score (nSPS) is 36.6. The molecule has 11 atom stereocenters. The van der Waals surface area contributed by atoms with E-state index in [0.29, 0.717) is 5.56 Å². The SMILES string of the molecule is C[C@@H]1O[C@@H](O[C@@H]2[C@H](Oc3cc(O)c4c(c3)O[C@H](c3ccc(O)c(O)c3)CC4=O)O[C@H](CO)[C@@H](O)[C@H]2O)[C@H](O)[C@@H](O)[C@H]1O. The van der Waals surface area contributed by atoms with Gasteiger partial charge in [-0.25, -0.2) is 0 Å². The van der Waals surface area contributed by atoms with Gasteiger partial charge in [-0.1, -0.05) is 6.07 Å². The summed E-state index contributed by atoms with van der Waals surface area (Å²) in [7, 11) is 0. The molecular weight excluding hydrogens is 564 g/mol. The Labute approximate surface area is 238 Å². The number of carbonyl (C=O) groups excluding carboxylic acids is 1. The second kappa shape index (κ2) is 11.8. The van der Waals surface area contributed by atoms with E-state index in [-0.39, 0.29) is 29.2 Å². The summed E-state index contributed by atoms with van der Waals surface area (Å²) in [5.41, 5.74) is 0.234. The summed E-state index contributed by atoms with van der Waals surface area (Å²) in [6.07, 6.45) is -16.5. The summed E-state index contributed by atoms with van der Waals surface area (Å²) in [4.78, 5) is 12.9. The zero-order valence-corrected chi connectivity index (χ0v) is 22.1. The first-order valence-electron chi connectivity index (χ1n) is 13.1. The Kier molecular flexibility index (Phi) is 8.48. The van der Waals surface area contributed by atoms with Crippen LogP contribution in [0.3, 0.4) is 0 Å². The van der Waals surface area contributed by atoms with Crippen LogP contribution in [0.4, 0.5) is 0 Å². The lowest BCUT2D eigenvalue weighted by Gasteiger charge is -2.45. The van der Waals surface area contributed by atoms with Crippen molar-refractivity contribution in [1.82, 2.24) is 0 Å². The van der Waals surface area contributed by atoms with Crippen molar-refractivity contribution in [3.05, 3.63) is 41.5 Å². The van der Waals surface area contributed by atoms with E-state index in [0.717, 1.165) is 6.07 Å². The second-order valence-electron chi connectivity index (χ2n) is 10.4. The van der Waals surface area contributed by atoms with Crippen LogP contribution in [-0.4, -0.2) is 120 Å². The van der Waals surface area contributed by atoms with Crippen molar-refractivity contribution in [3.8, 4) is 28.7 Å². The fourth-order valence-electron chi connectivity index (χ4n) is 5.12. The zero-order chi connectivity index (χ0) is 30.5. The van der Waals surface area contributed by atoms with Crippen LogP contribution < -0.4 is 9.47 Å². The number of carbonyl (C=O) groups is 1. The van der Waals surface area contributed by atoms with E-state index in [1.54, 1.807) is 0 Å². The van der Waals surface area contributed by atoms with Crippen molar-refractivity contribution in [2.24, 2.45) is 0 Å². The molecule has 0 bridgehead atoms. The van der Waals surface area contributed by atoms with Crippen molar-refractivity contribution >= 4 is 5.78 Å². The molecule has 2 saturated heterocycles. The number of ether oxygens (including phenoxy) is 5. The molecular formula is C27H32O15. The number of ketones is 1. The number of Topliss-reactive ketones (excluding diaryl/α,β-unsaturated/α-hetero) is 1. The van der Waals surface area contributed by atoms with Gasteiger partial charge in [-0.05, 0) is 24.6 Å². The molecule has 2 aromatic rings. The molecule has 15 heteroatoms. The van der Waals surface area contributed by atoms with E-state index < -0.39 is 91.4 Å². The summed E-state index contributed by atoms with van der Waals surface area (Å²) in [6, 6.07) is 6.25. The summed E-state index contributed by atoms with van der Waals surface area (Å²) in [5, 5.41) is 91.6. The Morgan fingerprint density at radius 3 is 2.26 bits per heavy atom. The predicted molar refractivity (Wildman–Crippen MR) is 136 cm³/mol. The van der Waals surface area contributed by atoms with Gasteiger partial charge in [0.2, 0.25) is 6.29 Å². The Balaban J connectivity index is 1.42. The van der Waals surface area contributed by atoms with Gasteiger partial charge in [-0.15, -0.1) is 0 Å². The van der Waals surface area contributed by atoms with Gasteiger partial charge >= 0.3 is 0 Å². The minimum absolute atomic E-state index is 0.0941. The average molecular weight is 597 g/mol. The van der Waals surface area contributed by atoms with Crippen LogP contribution in [0, 0.1) is 0 Å². The van der Waals surface area contributed by atoms with E-state index in [1.807, 2.05) is 0 Å². The molecule has 3 aliphatic heterocycles. The molecule has 9 N–H and O–H groups in total. The summed E-state index contributed by atoms with van der Waals surface area (Å²) in [5.74, 6) is -2.02. The van der Waals surface area contributed by atoms with Gasteiger partial charge in [0.1, 0.15) is 65.5 Å². The number of aliphatic hydroxyl groups is 6. The van der Waals surface area contributed by atoms with Crippen LogP contribution in [0.2, 0.25) is 0 Å². The van der Waals surface area contributed by atoms with Crippen LogP contribution in [0.5, 0.6) is 28.7 Å². The first kappa shape index (κ1) is 30.2. The monoisotopic (exact) mass is 596 g/mol. The number of fused-ring (bicyclic) bond motifs is 1. The third-order valence-corrected chi connectivity index (χ3v) is 7.52. The van der Waals surface area contributed by atoms with Crippen molar-refractivity contribution in [2.45, 2.75) is 80.9 Å². The van der Waals surface area contributed by atoms with Crippen molar-refractivity contribution in [1.29, 1.82) is 0 Å². The van der Waals surface area contributed by atoms with Crippen LogP contribution in [0.1, 0.15) is 35.4 Å². The maximum atomic E-state index is 12.9. The predicted octanol–water partition coefficient (Wildman–Crippen LogP) is -1.46. The molecule has 0 amide bonds. The smallest absolute Gasteiger partial charge is 0.229 e. The highest BCUT2D eigenvalue weighted by Gasteiger charge is 2.51. The molecule has 0 radical (unpaired) electrons. The Morgan fingerprint density at radius 2 is 1.57 bits per heavy atom. The van der Waals surface area contributed by atoms with Gasteiger partial charge in [-0.2, -0.15) is 0 Å².